The Balaban J connectivity index is 1.70. The predicted octanol–water partition coefficient (Wildman–Crippen LogP) is 1.76. The molecule has 0 aromatic carbocycles. The van der Waals surface area contributed by atoms with E-state index >= 15 is 0 Å². The van der Waals surface area contributed by atoms with Crippen LogP contribution < -0.4 is 5.32 Å². The number of anilines is 1. The van der Waals surface area contributed by atoms with E-state index in [1.165, 1.54) is 11.3 Å². The highest BCUT2D eigenvalue weighted by atomic mass is 32.1. The molecule has 1 aliphatic heterocycles. The molecule has 1 atom stereocenters. The highest BCUT2D eigenvalue weighted by Gasteiger charge is 2.28. The lowest BCUT2D eigenvalue weighted by Crippen LogP contribution is -2.47. The first-order chi connectivity index (χ1) is 11.4. The monoisotopic (exact) mass is 351 g/mol. The molecule has 1 aromatic heterocycles. The highest BCUT2D eigenvalue weighted by molar-refractivity contribution is 7.17. The van der Waals surface area contributed by atoms with Crippen LogP contribution in [0.15, 0.2) is 0 Å². The zero-order valence-electron chi connectivity index (χ0n) is 14.3. The molecule has 0 bridgehead atoms. The Bertz CT molecular complexity index is 635. The second-order valence-electron chi connectivity index (χ2n) is 6.99. The van der Waals surface area contributed by atoms with Gasteiger partial charge in [-0.2, -0.15) is 0 Å². The van der Waals surface area contributed by atoms with Gasteiger partial charge in [0.15, 0.2) is 0 Å². The fourth-order valence-corrected chi connectivity index (χ4v) is 4.86. The third-order valence-corrected chi connectivity index (χ3v) is 6.11. The number of nitrogens with one attached hydrogen (secondary N) is 1. The van der Waals surface area contributed by atoms with E-state index in [1.54, 1.807) is 0 Å². The van der Waals surface area contributed by atoms with Crippen LogP contribution in [-0.2, 0) is 17.6 Å². The molecule has 1 saturated heterocycles. The topological polar surface area (TPSA) is 72.9 Å². The van der Waals surface area contributed by atoms with Crippen molar-refractivity contribution in [3.05, 3.63) is 16.0 Å². The van der Waals surface area contributed by atoms with Crippen molar-refractivity contribution in [2.45, 2.75) is 26.2 Å². The number of fused-ring (bicyclic) bond motifs is 1. The molecule has 3 rings (SSSR count). The van der Waals surface area contributed by atoms with Gasteiger partial charge in [-0.15, -0.1) is 11.3 Å². The maximum atomic E-state index is 12.4. The number of carboxylic acid groups (broad SMARTS) is 1. The number of likely N-dealkylation sites (N-methyl/N-ethyl adjacent to an activating group) is 1. The summed E-state index contributed by atoms with van der Waals surface area (Å²) >= 11 is 1.45. The van der Waals surface area contributed by atoms with E-state index in [0.29, 0.717) is 23.0 Å². The van der Waals surface area contributed by atoms with E-state index in [1.807, 2.05) is 0 Å². The van der Waals surface area contributed by atoms with Gasteiger partial charge in [-0.3, -0.25) is 9.69 Å². The van der Waals surface area contributed by atoms with Gasteiger partial charge in [-0.1, -0.05) is 6.92 Å². The second-order valence-corrected chi connectivity index (χ2v) is 8.09. The van der Waals surface area contributed by atoms with Crippen LogP contribution in [0.3, 0.4) is 0 Å². The van der Waals surface area contributed by atoms with Crippen LogP contribution >= 0.6 is 11.3 Å². The third-order valence-electron chi connectivity index (χ3n) is 4.94. The van der Waals surface area contributed by atoms with Gasteiger partial charge in [0.2, 0.25) is 5.91 Å². The minimum absolute atomic E-state index is 0.117. The molecule has 2 aliphatic rings. The second kappa shape index (κ2) is 7.21. The number of carbonyl (C=O) groups excluding carboxylic acids is 1. The fraction of sp³-hybridized carbons (Fsp3) is 0.647. The molecular formula is C17H25N3O3S. The molecule has 1 aliphatic carbocycles. The van der Waals surface area contributed by atoms with Crippen molar-refractivity contribution in [1.29, 1.82) is 0 Å². The number of aromatic carboxylic acids is 1. The number of rotatable bonds is 4. The maximum Gasteiger partial charge on any atom is 0.339 e. The van der Waals surface area contributed by atoms with E-state index in [4.69, 9.17) is 0 Å². The summed E-state index contributed by atoms with van der Waals surface area (Å²) in [6.07, 6.45) is 2.72. The number of carboxylic acids is 1. The summed E-state index contributed by atoms with van der Waals surface area (Å²) in [6.45, 7) is 6.17. The van der Waals surface area contributed by atoms with Crippen LogP contribution in [0.5, 0.6) is 0 Å². The van der Waals surface area contributed by atoms with E-state index in [0.717, 1.165) is 55.9 Å². The van der Waals surface area contributed by atoms with Crippen molar-refractivity contribution < 1.29 is 14.7 Å². The standard InChI is InChI=1S/C17H25N3O3S/c1-11-3-4-12-13(9-11)24-16(15(12)17(22)23)18-14(21)10-20-7-5-19(2)6-8-20/h11H,3-10H2,1-2H3,(H,18,21)(H,22,23). The van der Waals surface area contributed by atoms with E-state index in [9.17, 15) is 14.7 Å². The first-order valence-electron chi connectivity index (χ1n) is 8.52. The van der Waals surface area contributed by atoms with Gasteiger partial charge < -0.3 is 15.3 Å². The van der Waals surface area contributed by atoms with Crippen molar-refractivity contribution in [2.24, 2.45) is 5.92 Å². The molecule has 6 nitrogen and oxygen atoms in total. The quantitative estimate of drug-likeness (QED) is 0.865. The van der Waals surface area contributed by atoms with Gasteiger partial charge in [0, 0.05) is 31.1 Å². The number of piperazine rings is 1. The molecule has 7 heteroatoms. The summed E-state index contributed by atoms with van der Waals surface area (Å²) in [5.41, 5.74) is 1.24. The van der Waals surface area contributed by atoms with Crippen LogP contribution in [0.2, 0.25) is 0 Å². The van der Waals surface area contributed by atoms with Crippen LogP contribution in [0.25, 0.3) is 0 Å². The Labute approximate surface area is 146 Å². The lowest BCUT2D eigenvalue weighted by Gasteiger charge is -2.31. The third kappa shape index (κ3) is 3.79. The zero-order valence-corrected chi connectivity index (χ0v) is 15.1. The largest absolute Gasteiger partial charge is 0.478 e. The maximum absolute atomic E-state index is 12.4. The van der Waals surface area contributed by atoms with Gasteiger partial charge in [-0.05, 0) is 37.8 Å². The summed E-state index contributed by atoms with van der Waals surface area (Å²) in [5.74, 6) is -0.475. The van der Waals surface area contributed by atoms with Crippen LogP contribution in [0.1, 0.15) is 34.1 Å². The normalized spacial score (nSPS) is 22.2. The number of amides is 1. The molecule has 132 valence electrons. The number of carbonyl (C=O) groups is 2. The van der Waals surface area contributed by atoms with Gasteiger partial charge in [0.25, 0.3) is 0 Å². The van der Waals surface area contributed by atoms with E-state index < -0.39 is 5.97 Å². The molecule has 1 amide bonds. The van der Waals surface area contributed by atoms with E-state index in [-0.39, 0.29) is 5.91 Å². The molecular weight excluding hydrogens is 326 g/mol. The molecule has 24 heavy (non-hydrogen) atoms. The van der Waals surface area contributed by atoms with Gasteiger partial charge in [-0.25, -0.2) is 4.79 Å². The average Bonchev–Trinajstić information content (AvgIpc) is 2.86. The number of nitrogens with zero attached hydrogens (tertiary/aromatic N) is 2. The van der Waals surface area contributed by atoms with Gasteiger partial charge in [0.1, 0.15) is 5.00 Å². The van der Waals surface area contributed by atoms with E-state index in [2.05, 4.69) is 29.1 Å². The zero-order chi connectivity index (χ0) is 17.3. The molecule has 2 N–H and O–H groups in total. The molecule has 2 heterocycles. The minimum atomic E-state index is -0.933. The first-order valence-corrected chi connectivity index (χ1v) is 9.34. The summed E-state index contributed by atoms with van der Waals surface area (Å²) in [5, 5.41) is 13.0. The molecule has 0 radical (unpaired) electrons. The Kier molecular flexibility index (Phi) is 5.22. The fourth-order valence-electron chi connectivity index (χ4n) is 3.44. The average molecular weight is 351 g/mol. The molecule has 1 unspecified atom stereocenters. The van der Waals surface area contributed by atoms with Crippen LogP contribution in [0, 0.1) is 5.92 Å². The molecule has 0 saturated carbocycles. The summed E-state index contributed by atoms with van der Waals surface area (Å²) in [6, 6.07) is 0. The number of hydrogen-bond acceptors (Lipinski definition) is 5. The van der Waals surface area contributed by atoms with Crippen molar-refractivity contribution in [3.63, 3.8) is 0 Å². The van der Waals surface area contributed by atoms with Gasteiger partial charge in [0.05, 0.1) is 12.1 Å². The Morgan fingerprint density at radius 2 is 2.00 bits per heavy atom. The van der Waals surface area contributed by atoms with Crippen LogP contribution in [0.4, 0.5) is 5.00 Å². The van der Waals surface area contributed by atoms with Crippen molar-refractivity contribution >= 4 is 28.2 Å². The number of thiophene rings is 1. The first kappa shape index (κ1) is 17.4. The van der Waals surface area contributed by atoms with Crippen molar-refractivity contribution in [1.82, 2.24) is 9.80 Å². The Hall–Kier alpha value is -1.44. The summed E-state index contributed by atoms with van der Waals surface area (Å²) in [7, 11) is 2.08. The lowest BCUT2D eigenvalue weighted by molar-refractivity contribution is -0.117. The summed E-state index contributed by atoms with van der Waals surface area (Å²) < 4.78 is 0. The lowest BCUT2D eigenvalue weighted by atomic mass is 9.88. The number of hydrogen-bond donors (Lipinski definition) is 2. The Morgan fingerprint density at radius 1 is 1.29 bits per heavy atom. The molecule has 1 fully saturated rings. The van der Waals surface area contributed by atoms with Crippen molar-refractivity contribution in [2.75, 3.05) is 45.1 Å². The van der Waals surface area contributed by atoms with Crippen LogP contribution in [-0.4, -0.2) is 66.6 Å². The molecule has 0 spiro atoms. The smallest absolute Gasteiger partial charge is 0.339 e. The predicted molar refractivity (Wildman–Crippen MR) is 95.0 cm³/mol. The minimum Gasteiger partial charge on any atom is -0.478 e. The van der Waals surface area contributed by atoms with Gasteiger partial charge >= 0.3 is 5.97 Å². The summed E-state index contributed by atoms with van der Waals surface area (Å²) in [4.78, 5) is 29.5. The van der Waals surface area contributed by atoms with Crippen molar-refractivity contribution in [3.8, 4) is 0 Å². The Morgan fingerprint density at radius 3 is 2.67 bits per heavy atom. The highest BCUT2D eigenvalue weighted by Crippen LogP contribution is 2.39. The SMILES string of the molecule is CC1CCc2c(sc(NC(=O)CN3CCN(C)CC3)c2C(=O)O)C1. The molecule has 1 aromatic rings.